The monoisotopic (exact) mass is 541 g/mol. The molecular weight excluding hydrogens is 509 g/mol. The largest absolute Gasteiger partial charge is 0.357 e. The lowest BCUT2D eigenvalue weighted by Crippen LogP contribution is -2.48. The van der Waals surface area contributed by atoms with Crippen LogP contribution in [0.15, 0.2) is 36.4 Å². The number of sulfonamides is 1. The van der Waals surface area contributed by atoms with Crippen LogP contribution in [-0.2, 0) is 26.2 Å². The van der Waals surface area contributed by atoms with Crippen LogP contribution in [0.3, 0.4) is 0 Å². The summed E-state index contributed by atoms with van der Waals surface area (Å²) < 4.78 is 26.3. The molecule has 0 aliphatic rings. The average molecular weight is 543 g/mol. The molecule has 0 aliphatic heterocycles. The van der Waals surface area contributed by atoms with Crippen LogP contribution in [0.25, 0.3) is 0 Å². The number of hydrogen-bond acceptors (Lipinski definition) is 4. The van der Waals surface area contributed by atoms with Crippen LogP contribution < -0.4 is 9.62 Å². The predicted molar refractivity (Wildman–Crippen MR) is 142 cm³/mol. The first-order chi connectivity index (χ1) is 16.4. The van der Waals surface area contributed by atoms with Gasteiger partial charge in [0.25, 0.3) is 0 Å². The molecule has 0 bridgehead atoms. The van der Waals surface area contributed by atoms with E-state index in [2.05, 4.69) is 5.32 Å². The second-order valence-corrected chi connectivity index (χ2v) is 11.2. The molecule has 192 valence electrons. The Hall–Kier alpha value is -2.29. The number of rotatable bonds is 11. The quantitative estimate of drug-likeness (QED) is 0.446. The molecule has 10 heteroatoms. The van der Waals surface area contributed by atoms with Crippen molar-refractivity contribution in [2.45, 2.75) is 52.6 Å². The number of nitrogens with one attached hydrogen (secondary N) is 1. The fourth-order valence-corrected chi connectivity index (χ4v) is 5.08. The number of amides is 2. The topological polar surface area (TPSA) is 86.8 Å². The van der Waals surface area contributed by atoms with Crippen LogP contribution in [0.4, 0.5) is 5.69 Å². The van der Waals surface area contributed by atoms with Gasteiger partial charge in [0.15, 0.2) is 0 Å². The summed E-state index contributed by atoms with van der Waals surface area (Å²) in [5.74, 6) is -0.520. The molecule has 0 saturated carbocycles. The van der Waals surface area contributed by atoms with Gasteiger partial charge < -0.3 is 10.2 Å². The van der Waals surface area contributed by atoms with Crippen LogP contribution in [0.5, 0.6) is 0 Å². The van der Waals surface area contributed by atoms with E-state index in [-0.39, 0.29) is 31.3 Å². The van der Waals surface area contributed by atoms with Crippen LogP contribution in [0.1, 0.15) is 42.9 Å². The lowest BCUT2D eigenvalue weighted by atomic mass is 10.1. The highest BCUT2D eigenvalue weighted by atomic mass is 35.5. The molecule has 0 aromatic heterocycles. The van der Waals surface area contributed by atoms with E-state index in [9.17, 15) is 18.0 Å². The molecule has 1 atom stereocenters. The third kappa shape index (κ3) is 7.85. The first kappa shape index (κ1) is 28.9. The molecule has 35 heavy (non-hydrogen) atoms. The van der Waals surface area contributed by atoms with Gasteiger partial charge in [-0.15, -0.1) is 0 Å². The predicted octanol–water partition coefficient (Wildman–Crippen LogP) is 4.71. The highest BCUT2D eigenvalue weighted by molar-refractivity contribution is 7.92. The molecule has 0 fully saturated rings. The van der Waals surface area contributed by atoms with E-state index in [4.69, 9.17) is 23.2 Å². The maximum atomic E-state index is 13.3. The van der Waals surface area contributed by atoms with Gasteiger partial charge in [-0.3, -0.25) is 13.9 Å². The number of carbonyl (C=O) groups is 2. The van der Waals surface area contributed by atoms with Crippen LogP contribution >= 0.6 is 23.2 Å². The van der Waals surface area contributed by atoms with E-state index in [0.717, 1.165) is 22.9 Å². The molecule has 0 aliphatic carbocycles. The number of nitrogens with zero attached hydrogens (tertiary/aromatic N) is 2. The Morgan fingerprint density at radius 3 is 2.26 bits per heavy atom. The van der Waals surface area contributed by atoms with Crippen molar-refractivity contribution < 1.29 is 18.0 Å². The highest BCUT2D eigenvalue weighted by Gasteiger charge is 2.28. The zero-order chi connectivity index (χ0) is 26.3. The number of aryl methyl sites for hydroxylation is 2. The number of anilines is 1. The van der Waals surface area contributed by atoms with Crippen LogP contribution in [0, 0.1) is 13.8 Å². The maximum absolute atomic E-state index is 13.3. The molecule has 2 aromatic rings. The van der Waals surface area contributed by atoms with Crippen molar-refractivity contribution in [1.29, 1.82) is 0 Å². The lowest BCUT2D eigenvalue weighted by molar-refractivity contribution is -0.141. The summed E-state index contributed by atoms with van der Waals surface area (Å²) in [6, 6.07) is 9.88. The van der Waals surface area contributed by atoms with E-state index < -0.39 is 16.1 Å². The third-order valence-electron chi connectivity index (χ3n) is 5.90. The standard InChI is InChI=1S/C25H33Cl2N3O4S/c1-6-23(25(32)28-4)29(16-19-10-12-21(26)22(27)15-19)24(31)8-7-13-30(35(5,33)34)20-11-9-17(2)18(3)14-20/h9-12,14-15,23H,6-8,13,16H2,1-5H3,(H,28,32). The van der Waals surface area contributed by atoms with Gasteiger partial charge in [-0.2, -0.15) is 0 Å². The molecule has 2 amide bonds. The summed E-state index contributed by atoms with van der Waals surface area (Å²) in [7, 11) is -2.02. The van der Waals surface area contributed by atoms with Crippen molar-refractivity contribution in [3.8, 4) is 0 Å². The Morgan fingerprint density at radius 2 is 1.71 bits per heavy atom. The summed E-state index contributed by atoms with van der Waals surface area (Å²) in [5.41, 5.74) is 3.35. The second-order valence-electron chi connectivity index (χ2n) is 8.52. The summed E-state index contributed by atoms with van der Waals surface area (Å²) in [6.07, 6.45) is 1.94. The van der Waals surface area contributed by atoms with E-state index in [0.29, 0.717) is 28.6 Å². The second kappa shape index (κ2) is 12.6. The summed E-state index contributed by atoms with van der Waals surface area (Å²) >= 11 is 12.2. The summed E-state index contributed by atoms with van der Waals surface area (Å²) in [5, 5.41) is 3.38. The molecule has 2 aromatic carbocycles. The molecule has 1 unspecified atom stereocenters. The van der Waals surface area contributed by atoms with E-state index in [1.165, 1.54) is 16.3 Å². The number of carbonyl (C=O) groups excluding carboxylic acids is 2. The van der Waals surface area contributed by atoms with Crippen molar-refractivity contribution in [1.82, 2.24) is 10.2 Å². The molecule has 2 rings (SSSR count). The maximum Gasteiger partial charge on any atom is 0.242 e. The number of hydrogen-bond donors (Lipinski definition) is 1. The van der Waals surface area contributed by atoms with Gasteiger partial charge in [0.2, 0.25) is 21.8 Å². The molecule has 1 N–H and O–H groups in total. The summed E-state index contributed by atoms with van der Waals surface area (Å²) in [4.78, 5) is 27.3. The normalized spacial score (nSPS) is 12.2. The molecule has 0 saturated heterocycles. The van der Waals surface area contributed by atoms with Crippen LogP contribution in [0.2, 0.25) is 10.0 Å². The molecule has 0 heterocycles. The SMILES string of the molecule is CCC(C(=O)NC)N(Cc1ccc(Cl)c(Cl)c1)C(=O)CCCN(c1ccc(C)c(C)c1)S(C)(=O)=O. The van der Waals surface area contributed by atoms with Crippen molar-refractivity contribution in [3.05, 3.63) is 63.1 Å². The Kier molecular flexibility index (Phi) is 10.4. The van der Waals surface area contributed by atoms with Gasteiger partial charge in [0.05, 0.1) is 22.0 Å². The minimum Gasteiger partial charge on any atom is -0.357 e. The Morgan fingerprint density at radius 1 is 1.03 bits per heavy atom. The number of benzene rings is 2. The Balaban J connectivity index is 2.22. The van der Waals surface area contributed by atoms with Gasteiger partial charge in [-0.25, -0.2) is 8.42 Å². The Bertz CT molecular complexity index is 1170. The fraction of sp³-hybridized carbons (Fsp3) is 0.440. The van der Waals surface area contributed by atoms with Crippen molar-refractivity contribution >= 4 is 50.7 Å². The van der Waals surface area contributed by atoms with Gasteiger partial charge in [-0.05, 0) is 67.6 Å². The van der Waals surface area contributed by atoms with E-state index in [1.807, 2.05) is 32.9 Å². The first-order valence-electron chi connectivity index (χ1n) is 11.4. The summed E-state index contributed by atoms with van der Waals surface area (Å²) in [6.45, 7) is 6.04. The van der Waals surface area contributed by atoms with E-state index in [1.54, 1.807) is 24.3 Å². The zero-order valence-electron chi connectivity index (χ0n) is 20.8. The fourth-order valence-electron chi connectivity index (χ4n) is 3.81. The minimum atomic E-state index is -3.54. The zero-order valence-corrected chi connectivity index (χ0v) is 23.1. The third-order valence-corrected chi connectivity index (χ3v) is 7.83. The van der Waals surface area contributed by atoms with Crippen molar-refractivity contribution in [3.63, 3.8) is 0 Å². The number of likely N-dealkylation sites (N-methyl/N-ethyl adjacent to an activating group) is 1. The highest BCUT2D eigenvalue weighted by Crippen LogP contribution is 2.25. The van der Waals surface area contributed by atoms with E-state index >= 15 is 0 Å². The van der Waals surface area contributed by atoms with Crippen molar-refractivity contribution in [2.75, 3.05) is 24.2 Å². The number of halogens is 2. The smallest absolute Gasteiger partial charge is 0.242 e. The Labute approximate surface area is 218 Å². The molecule has 7 nitrogen and oxygen atoms in total. The molecule has 0 spiro atoms. The van der Waals surface area contributed by atoms with Gasteiger partial charge >= 0.3 is 0 Å². The van der Waals surface area contributed by atoms with Crippen molar-refractivity contribution in [2.24, 2.45) is 0 Å². The van der Waals surface area contributed by atoms with Gasteiger partial charge in [0.1, 0.15) is 6.04 Å². The lowest BCUT2D eigenvalue weighted by Gasteiger charge is -2.31. The molecular formula is C25H33Cl2N3O4S. The average Bonchev–Trinajstić information content (AvgIpc) is 2.79. The first-order valence-corrected chi connectivity index (χ1v) is 14.0. The van der Waals surface area contributed by atoms with Gasteiger partial charge in [-0.1, -0.05) is 42.3 Å². The minimum absolute atomic E-state index is 0.0751. The van der Waals surface area contributed by atoms with Crippen LogP contribution in [-0.4, -0.2) is 51.0 Å². The molecule has 0 radical (unpaired) electrons. The van der Waals surface area contributed by atoms with Gasteiger partial charge in [0, 0.05) is 26.6 Å².